The smallest absolute Gasteiger partial charge is 0.330 e. The molecule has 0 aromatic rings. The lowest BCUT2D eigenvalue weighted by molar-refractivity contribution is -0.162. The maximum absolute atomic E-state index is 11.3. The molecular weight excluding hydrogens is 232 g/mol. The average molecular weight is 256 g/mol. The second kappa shape index (κ2) is 7.19. The standard InChI is InChI=1S/C14H24O4/c1-7-8-12(16)17-9-14(5,6)13(10(2)3)18-11(4)15/h7-8,10,13H,9H2,1-6H3. The number of ether oxygens (including phenoxy) is 2. The van der Waals surface area contributed by atoms with Crippen LogP contribution in [0.5, 0.6) is 0 Å². The van der Waals surface area contributed by atoms with Crippen LogP contribution >= 0.6 is 0 Å². The highest BCUT2D eigenvalue weighted by atomic mass is 16.6. The van der Waals surface area contributed by atoms with Crippen LogP contribution in [0.1, 0.15) is 41.5 Å². The van der Waals surface area contributed by atoms with E-state index in [1.807, 2.05) is 27.7 Å². The highest BCUT2D eigenvalue weighted by Crippen LogP contribution is 2.29. The number of allylic oxidation sites excluding steroid dienone is 1. The first kappa shape index (κ1) is 16.7. The van der Waals surface area contributed by atoms with Crippen molar-refractivity contribution < 1.29 is 19.1 Å². The molecule has 0 rings (SSSR count). The first-order chi connectivity index (χ1) is 8.20. The predicted octanol–water partition coefficient (Wildman–Crippen LogP) is 2.72. The van der Waals surface area contributed by atoms with Gasteiger partial charge in [-0.05, 0) is 12.8 Å². The summed E-state index contributed by atoms with van der Waals surface area (Å²) in [6, 6.07) is 0. The number of esters is 2. The molecule has 0 aliphatic rings. The molecule has 18 heavy (non-hydrogen) atoms. The molecule has 104 valence electrons. The van der Waals surface area contributed by atoms with Crippen LogP contribution in [0.25, 0.3) is 0 Å². The fourth-order valence-corrected chi connectivity index (χ4v) is 1.90. The van der Waals surface area contributed by atoms with Crippen LogP contribution < -0.4 is 0 Å². The molecule has 0 aliphatic carbocycles. The largest absolute Gasteiger partial charge is 0.462 e. The van der Waals surface area contributed by atoms with Crippen molar-refractivity contribution in [3.63, 3.8) is 0 Å². The average Bonchev–Trinajstić information content (AvgIpc) is 2.23. The van der Waals surface area contributed by atoms with Gasteiger partial charge in [0.1, 0.15) is 12.7 Å². The summed E-state index contributed by atoms with van der Waals surface area (Å²) in [5.41, 5.74) is -0.420. The monoisotopic (exact) mass is 256 g/mol. The van der Waals surface area contributed by atoms with Crippen LogP contribution in [0, 0.1) is 11.3 Å². The Kier molecular flexibility index (Phi) is 6.66. The van der Waals surface area contributed by atoms with E-state index in [1.165, 1.54) is 13.0 Å². The minimum absolute atomic E-state index is 0.157. The van der Waals surface area contributed by atoms with Crippen LogP contribution in [0.15, 0.2) is 12.2 Å². The minimum atomic E-state index is -0.420. The van der Waals surface area contributed by atoms with E-state index in [2.05, 4.69) is 0 Å². The van der Waals surface area contributed by atoms with E-state index in [-0.39, 0.29) is 30.6 Å². The van der Waals surface area contributed by atoms with E-state index in [1.54, 1.807) is 13.0 Å². The molecule has 0 fully saturated rings. The minimum Gasteiger partial charge on any atom is -0.462 e. The van der Waals surface area contributed by atoms with Crippen molar-refractivity contribution in [2.24, 2.45) is 11.3 Å². The molecule has 0 spiro atoms. The predicted molar refractivity (Wildman–Crippen MR) is 69.9 cm³/mol. The highest BCUT2D eigenvalue weighted by Gasteiger charge is 2.35. The van der Waals surface area contributed by atoms with E-state index in [9.17, 15) is 9.59 Å². The zero-order valence-corrected chi connectivity index (χ0v) is 12.1. The van der Waals surface area contributed by atoms with Gasteiger partial charge in [-0.2, -0.15) is 0 Å². The first-order valence-corrected chi connectivity index (χ1v) is 6.17. The summed E-state index contributed by atoms with van der Waals surface area (Å²) in [4.78, 5) is 22.4. The fourth-order valence-electron chi connectivity index (χ4n) is 1.90. The van der Waals surface area contributed by atoms with Crippen molar-refractivity contribution in [1.82, 2.24) is 0 Å². The van der Waals surface area contributed by atoms with Gasteiger partial charge in [0.25, 0.3) is 0 Å². The summed E-state index contributed by atoms with van der Waals surface area (Å²) in [6.07, 6.45) is 2.71. The molecule has 0 saturated heterocycles. The van der Waals surface area contributed by atoms with Gasteiger partial charge in [0, 0.05) is 18.4 Å². The lowest BCUT2D eigenvalue weighted by atomic mass is 9.81. The third kappa shape index (κ3) is 5.84. The fraction of sp³-hybridized carbons (Fsp3) is 0.714. The van der Waals surface area contributed by atoms with Crippen LogP contribution in [0.2, 0.25) is 0 Å². The number of hydrogen-bond acceptors (Lipinski definition) is 4. The van der Waals surface area contributed by atoms with E-state index in [0.29, 0.717) is 0 Å². The maximum Gasteiger partial charge on any atom is 0.330 e. The van der Waals surface area contributed by atoms with Crippen molar-refractivity contribution in [2.75, 3.05) is 6.61 Å². The molecule has 4 heteroatoms. The lowest BCUT2D eigenvalue weighted by Crippen LogP contribution is -2.41. The van der Waals surface area contributed by atoms with Crippen molar-refractivity contribution in [3.05, 3.63) is 12.2 Å². The van der Waals surface area contributed by atoms with Crippen LogP contribution in [-0.2, 0) is 19.1 Å². The zero-order chi connectivity index (χ0) is 14.3. The van der Waals surface area contributed by atoms with Gasteiger partial charge >= 0.3 is 11.9 Å². The van der Waals surface area contributed by atoms with Gasteiger partial charge in [-0.15, -0.1) is 0 Å². The van der Waals surface area contributed by atoms with E-state index < -0.39 is 5.41 Å². The Morgan fingerprint density at radius 2 is 1.83 bits per heavy atom. The van der Waals surface area contributed by atoms with Gasteiger partial charge in [0.2, 0.25) is 0 Å². The summed E-state index contributed by atoms with van der Waals surface area (Å²) in [7, 11) is 0. The Bertz CT molecular complexity index is 316. The van der Waals surface area contributed by atoms with Crippen molar-refractivity contribution in [3.8, 4) is 0 Å². The van der Waals surface area contributed by atoms with Crippen LogP contribution in [0.4, 0.5) is 0 Å². The molecule has 0 saturated carbocycles. The van der Waals surface area contributed by atoms with Crippen molar-refractivity contribution >= 4 is 11.9 Å². The Labute approximate surface area is 109 Å². The van der Waals surface area contributed by atoms with Gasteiger partial charge in [-0.1, -0.05) is 33.8 Å². The van der Waals surface area contributed by atoms with Gasteiger partial charge in [0.15, 0.2) is 0 Å². The summed E-state index contributed by atoms with van der Waals surface area (Å²) >= 11 is 0. The SMILES string of the molecule is CC=CC(=O)OCC(C)(C)C(OC(C)=O)C(C)C. The normalized spacial score (nSPS) is 13.7. The molecule has 0 N–H and O–H groups in total. The molecule has 0 aliphatic heterocycles. The highest BCUT2D eigenvalue weighted by molar-refractivity contribution is 5.81. The Hall–Kier alpha value is -1.32. The topological polar surface area (TPSA) is 52.6 Å². The van der Waals surface area contributed by atoms with Gasteiger partial charge in [0.05, 0.1) is 0 Å². The summed E-state index contributed by atoms with van der Waals surface area (Å²) in [5, 5.41) is 0. The van der Waals surface area contributed by atoms with Gasteiger partial charge < -0.3 is 9.47 Å². The zero-order valence-electron chi connectivity index (χ0n) is 12.1. The Morgan fingerprint density at radius 3 is 2.22 bits per heavy atom. The van der Waals surface area contributed by atoms with Gasteiger partial charge in [-0.25, -0.2) is 4.79 Å². The Morgan fingerprint density at radius 1 is 1.28 bits per heavy atom. The second-order valence-corrected chi connectivity index (χ2v) is 5.37. The van der Waals surface area contributed by atoms with E-state index in [4.69, 9.17) is 9.47 Å². The quantitative estimate of drug-likeness (QED) is 0.541. The number of rotatable bonds is 6. The van der Waals surface area contributed by atoms with Crippen LogP contribution in [0.3, 0.4) is 0 Å². The molecule has 0 amide bonds. The molecule has 0 radical (unpaired) electrons. The number of carbonyl (C=O) groups excluding carboxylic acids is 2. The van der Waals surface area contributed by atoms with Crippen molar-refractivity contribution in [1.29, 1.82) is 0 Å². The molecule has 1 unspecified atom stereocenters. The first-order valence-electron chi connectivity index (χ1n) is 6.17. The molecule has 0 aromatic heterocycles. The lowest BCUT2D eigenvalue weighted by Gasteiger charge is -2.35. The van der Waals surface area contributed by atoms with E-state index in [0.717, 1.165) is 0 Å². The van der Waals surface area contributed by atoms with Crippen LogP contribution in [-0.4, -0.2) is 24.6 Å². The second-order valence-electron chi connectivity index (χ2n) is 5.37. The molecule has 4 nitrogen and oxygen atoms in total. The third-order valence-corrected chi connectivity index (χ3v) is 2.56. The molecule has 1 atom stereocenters. The van der Waals surface area contributed by atoms with Crippen molar-refractivity contribution in [2.45, 2.75) is 47.6 Å². The van der Waals surface area contributed by atoms with E-state index >= 15 is 0 Å². The Balaban J connectivity index is 4.63. The number of carbonyl (C=O) groups is 2. The number of hydrogen-bond donors (Lipinski definition) is 0. The van der Waals surface area contributed by atoms with Gasteiger partial charge in [-0.3, -0.25) is 4.79 Å². The molecule has 0 bridgehead atoms. The third-order valence-electron chi connectivity index (χ3n) is 2.56. The summed E-state index contributed by atoms with van der Waals surface area (Å²) in [5.74, 6) is -0.540. The molecule has 0 aromatic carbocycles. The maximum atomic E-state index is 11.3. The molecule has 0 heterocycles. The molecular formula is C14H24O4. The summed E-state index contributed by atoms with van der Waals surface area (Å²) in [6.45, 7) is 11.1. The summed E-state index contributed by atoms with van der Waals surface area (Å²) < 4.78 is 10.5.